The molecule has 0 unspecified atom stereocenters. The fourth-order valence-corrected chi connectivity index (χ4v) is 3.85. The van der Waals surface area contributed by atoms with Crippen molar-refractivity contribution < 1.29 is 17.6 Å². The van der Waals surface area contributed by atoms with E-state index < -0.39 is 9.84 Å². The van der Waals surface area contributed by atoms with Crippen molar-refractivity contribution in [1.82, 2.24) is 4.90 Å². The number of hydrogen-bond donors (Lipinski definition) is 0. The van der Waals surface area contributed by atoms with Crippen LogP contribution in [0.15, 0.2) is 22.6 Å². The fourth-order valence-electron chi connectivity index (χ4n) is 2.07. The molecule has 1 aromatic heterocycles. The highest BCUT2D eigenvalue weighted by atomic mass is 32.2. The van der Waals surface area contributed by atoms with Crippen molar-refractivity contribution in [2.24, 2.45) is 0 Å². The van der Waals surface area contributed by atoms with Crippen molar-refractivity contribution in [3.63, 3.8) is 0 Å². The summed E-state index contributed by atoms with van der Waals surface area (Å²) in [5, 5.41) is 0. The van der Waals surface area contributed by atoms with Crippen LogP contribution in [0.25, 0.3) is 6.08 Å². The van der Waals surface area contributed by atoms with Gasteiger partial charge < -0.3 is 9.32 Å². The van der Waals surface area contributed by atoms with Gasteiger partial charge in [-0.15, -0.1) is 0 Å². The average molecular weight is 283 g/mol. The van der Waals surface area contributed by atoms with Crippen molar-refractivity contribution in [3.8, 4) is 0 Å². The second-order valence-corrected chi connectivity index (χ2v) is 7.02. The minimum atomic E-state index is -2.97. The maximum Gasteiger partial charge on any atom is 0.246 e. The van der Waals surface area contributed by atoms with Crippen LogP contribution in [0.4, 0.5) is 0 Å². The number of hydrogen-bond acceptors (Lipinski definition) is 4. The molecule has 0 radical (unpaired) electrons. The largest absolute Gasteiger partial charge is 0.462 e. The van der Waals surface area contributed by atoms with Gasteiger partial charge >= 0.3 is 0 Å². The van der Waals surface area contributed by atoms with Crippen LogP contribution in [0.5, 0.6) is 0 Å². The first-order chi connectivity index (χ1) is 8.87. The van der Waals surface area contributed by atoms with Crippen LogP contribution in [0.1, 0.15) is 17.9 Å². The first kappa shape index (κ1) is 13.9. The van der Waals surface area contributed by atoms with E-state index in [-0.39, 0.29) is 23.5 Å². The van der Waals surface area contributed by atoms with E-state index in [2.05, 4.69) is 0 Å². The quantitative estimate of drug-likeness (QED) is 0.783. The Morgan fingerprint density at radius 3 is 2.74 bits per heavy atom. The van der Waals surface area contributed by atoms with Crippen molar-refractivity contribution in [3.05, 3.63) is 29.7 Å². The summed E-state index contributed by atoms with van der Waals surface area (Å²) in [4.78, 5) is 13.4. The topological polar surface area (TPSA) is 67.6 Å². The summed E-state index contributed by atoms with van der Waals surface area (Å²) in [5.41, 5.74) is 0. The molecule has 104 valence electrons. The van der Waals surface area contributed by atoms with Gasteiger partial charge in [0.05, 0.1) is 11.5 Å². The summed E-state index contributed by atoms with van der Waals surface area (Å²) >= 11 is 0. The van der Waals surface area contributed by atoms with Crippen molar-refractivity contribution in [2.45, 2.75) is 19.4 Å². The molecule has 1 amide bonds. The molecule has 19 heavy (non-hydrogen) atoms. The van der Waals surface area contributed by atoms with Gasteiger partial charge in [-0.3, -0.25) is 4.79 Å². The number of rotatable bonds is 3. The minimum absolute atomic E-state index is 0.0585. The number of amides is 1. The van der Waals surface area contributed by atoms with E-state index in [4.69, 9.17) is 4.42 Å². The third-order valence-electron chi connectivity index (χ3n) is 3.26. The molecule has 0 bridgehead atoms. The van der Waals surface area contributed by atoms with Crippen molar-refractivity contribution in [2.75, 3.05) is 18.6 Å². The lowest BCUT2D eigenvalue weighted by Crippen LogP contribution is -2.36. The predicted molar refractivity (Wildman–Crippen MR) is 72.3 cm³/mol. The molecule has 1 aliphatic rings. The van der Waals surface area contributed by atoms with Gasteiger partial charge in [-0.25, -0.2) is 8.42 Å². The molecule has 1 saturated heterocycles. The highest BCUT2D eigenvalue weighted by Crippen LogP contribution is 2.17. The summed E-state index contributed by atoms with van der Waals surface area (Å²) in [6.07, 6.45) is 3.51. The zero-order valence-electron chi connectivity index (χ0n) is 11.0. The molecule has 0 aromatic carbocycles. The first-order valence-electron chi connectivity index (χ1n) is 6.09. The van der Waals surface area contributed by atoms with Gasteiger partial charge in [-0.1, -0.05) is 0 Å². The number of aryl methyl sites for hydroxylation is 1. The van der Waals surface area contributed by atoms with Gasteiger partial charge in [0.25, 0.3) is 0 Å². The molecule has 1 aliphatic heterocycles. The Morgan fingerprint density at radius 1 is 1.47 bits per heavy atom. The highest BCUT2D eigenvalue weighted by molar-refractivity contribution is 7.91. The smallest absolute Gasteiger partial charge is 0.246 e. The van der Waals surface area contributed by atoms with Crippen molar-refractivity contribution >= 4 is 21.8 Å². The van der Waals surface area contributed by atoms with Crippen LogP contribution in [0, 0.1) is 6.92 Å². The van der Waals surface area contributed by atoms with Crippen LogP contribution in [0.2, 0.25) is 0 Å². The number of carbonyl (C=O) groups is 1. The Hall–Kier alpha value is -1.56. The third kappa shape index (κ3) is 3.47. The SMILES string of the molecule is Cc1ccc(/C=C/C(=O)N(C)[C@H]2CCS(=O)(=O)C2)o1. The summed E-state index contributed by atoms with van der Waals surface area (Å²) in [7, 11) is -1.34. The zero-order chi connectivity index (χ0) is 14.0. The standard InChI is InChI=1S/C13H17NO4S/c1-10-3-4-12(18-10)5-6-13(15)14(2)11-7-8-19(16,17)9-11/h3-6,11H,7-9H2,1-2H3/b6-5+/t11-/m0/s1. The van der Waals surface area contributed by atoms with Gasteiger partial charge in [0.2, 0.25) is 5.91 Å². The Bertz CT molecular complexity index is 600. The molecule has 2 heterocycles. The summed E-state index contributed by atoms with van der Waals surface area (Å²) < 4.78 is 28.1. The van der Waals surface area contributed by atoms with Crippen molar-refractivity contribution in [1.29, 1.82) is 0 Å². The second-order valence-electron chi connectivity index (χ2n) is 4.79. The van der Waals surface area contributed by atoms with Gasteiger partial charge in [-0.05, 0) is 31.6 Å². The Morgan fingerprint density at radius 2 is 2.21 bits per heavy atom. The lowest BCUT2D eigenvalue weighted by atomic mass is 10.2. The maximum absolute atomic E-state index is 11.9. The van der Waals surface area contributed by atoms with Gasteiger partial charge in [0.15, 0.2) is 9.84 Å². The molecular weight excluding hydrogens is 266 g/mol. The van der Waals surface area contributed by atoms with Crippen LogP contribution >= 0.6 is 0 Å². The molecule has 0 spiro atoms. The van der Waals surface area contributed by atoms with Crippen LogP contribution in [0.3, 0.4) is 0 Å². The normalized spacial score (nSPS) is 21.9. The van der Waals surface area contributed by atoms with E-state index in [1.54, 1.807) is 19.2 Å². The van der Waals surface area contributed by atoms with Gasteiger partial charge in [0, 0.05) is 19.2 Å². The summed E-state index contributed by atoms with van der Waals surface area (Å²) in [5.74, 6) is 1.40. The molecule has 2 rings (SSSR count). The molecule has 0 aliphatic carbocycles. The molecule has 1 aromatic rings. The number of nitrogens with zero attached hydrogens (tertiary/aromatic N) is 1. The highest BCUT2D eigenvalue weighted by Gasteiger charge is 2.31. The average Bonchev–Trinajstić information content (AvgIpc) is 2.91. The fraction of sp³-hybridized carbons (Fsp3) is 0.462. The molecule has 0 N–H and O–H groups in total. The summed E-state index contributed by atoms with van der Waals surface area (Å²) in [6, 6.07) is 3.37. The molecule has 0 saturated carbocycles. The minimum Gasteiger partial charge on any atom is -0.462 e. The van der Waals surface area contributed by atoms with E-state index in [0.29, 0.717) is 12.2 Å². The van der Waals surface area contributed by atoms with E-state index in [1.807, 2.05) is 13.0 Å². The van der Waals surface area contributed by atoms with Crippen LogP contribution < -0.4 is 0 Å². The van der Waals surface area contributed by atoms with Crippen LogP contribution in [-0.4, -0.2) is 43.8 Å². The lowest BCUT2D eigenvalue weighted by Gasteiger charge is -2.21. The monoisotopic (exact) mass is 283 g/mol. The first-order valence-corrected chi connectivity index (χ1v) is 7.91. The van der Waals surface area contributed by atoms with Gasteiger partial charge in [0.1, 0.15) is 11.5 Å². The number of furan rings is 1. The Balaban J connectivity index is 1.98. The second kappa shape index (κ2) is 5.21. The molecule has 1 atom stereocenters. The molecular formula is C13H17NO4S. The van der Waals surface area contributed by atoms with Crippen LogP contribution in [-0.2, 0) is 14.6 Å². The van der Waals surface area contributed by atoms with Gasteiger partial charge in [-0.2, -0.15) is 0 Å². The molecule has 6 heteroatoms. The van der Waals surface area contributed by atoms with E-state index in [0.717, 1.165) is 5.76 Å². The molecule has 5 nitrogen and oxygen atoms in total. The summed E-state index contributed by atoms with van der Waals surface area (Å²) in [6.45, 7) is 1.83. The lowest BCUT2D eigenvalue weighted by molar-refractivity contribution is -0.126. The van der Waals surface area contributed by atoms with E-state index in [9.17, 15) is 13.2 Å². The predicted octanol–water partition coefficient (Wildman–Crippen LogP) is 1.25. The number of carbonyl (C=O) groups excluding carboxylic acids is 1. The third-order valence-corrected chi connectivity index (χ3v) is 5.01. The number of sulfone groups is 1. The Kier molecular flexibility index (Phi) is 3.80. The maximum atomic E-state index is 11.9. The number of likely N-dealkylation sites (N-methyl/N-ethyl adjacent to an activating group) is 1. The zero-order valence-corrected chi connectivity index (χ0v) is 11.8. The Labute approximate surface area is 112 Å². The van der Waals surface area contributed by atoms with E-state index in [1.165, 1.54) is 11.0 Å². The van der Waals surface area contributed by atoms with E-state index >= 15 is 0 Å². The molecule has 1 fully saturated rings.